The smallest absolute Gasteiger partial charge is 0.311 e. The molecule has 9 heteroatoms. The van der Waals surface area contributed by atoms with Crippen LogP contribution < -0.4 is 9.47 Å². The third-order valence-corrected chi connectivity index (χ3v) is 6.38. The lowest BCUT2D eigenvalue weighted by Crippen LogP contribution is -2.45. The summed E-state index contributed by atoms with van der Waals surface area (Å²) >= 11 is 0. The fourth-order valence-corrected chi connectivity index (χ4v) is 4.79. The van der Waals surface area contributed by atoms with Crippen molar-refractivity contribution in [1.29, 1.82) is 0 Å². The Labute approximate surface area is 192 Å². The van der Waals surface area contributed by atoms with Gasteiger partial charge in [-0.25, -0.2) is 8.78 Å². The molecule has 0 N–H and O–H groups in total. The number of hydrogen-bond acceptors (Lipinski definition) is 6. The average Bonchev–Trinajstić information content (AvgIpc) is 2.70. The van der Waals surface area contributed by atoms with E-state index >= 15 is 0 Å². The molecule has 2 unspecified atom stereocenters. The zero-order valence-corrected chi connectivity index (χ0v) is 19.5. The Bertz CT molecular complexity index is 943. The van der Waals surface area contributed by atoms with E-state index in [0.29, 0.717) is 11.3 Å². The second kappa shape index (κ2) is 9.65. The van der Waals surface area contributed by atoms with Gasteiger partial charge >= 0.3 is 5.97 Å². The highest BCUT2D eigenvalue weighted by Crippen LogP contribution is 2.54. The number of alkyl halides is 2. The monoisotopic (exact) mass is 467 g/mol. The van der Waals surface area contributed by atoms with Gasteiger partial charge in [0.05, 0.1) is 6.61 Å². The summed E-state index contributed by atoms with van der Waals surface area (Å²) in [6, 6.07) is 2.62. The molecule has 1 aromatic carbocycles. The van der Waals surface area contributed by atoms with E-state index in [9.17, 15) is 23.7 Å². The first-order valence-electron chi connectivity index (χ1n) is 11.3. The number of nitrogens with zero attached hydrogens (tertiary/aromatic N) is 1. The summed E-state index contributed by atoms with van der Waals surface area (Å²) in [5, 5.41) is 9.34. The Morgan fingerprint density at radius 2 is 2.09 bits per heavy atom. The van der Waals surface area contributed by atoms with Crippen LogP contribution in [-0.2, 0) is 15.6 Å². The van der Waals surface area contributed by atoms with Crippen molar-refractivity contribution in [2.75, 3.05) is 6.61 Å². The Kier molecular flexibility index (Phi) is 7.29. The lowest BCUT2D eigenvalue weighted by atomic mass is 9.68. The normalized spacial score (nSPS) is 21.2. The molecule has 0 fully saturated rings. The van der Waals surface area contributed by atoms with E-state index in [1.165, 1.54) is 17.7 Å². The highest BCUT2D eigenvalue weighted by molar-refractivity contribution is 5.74. The van der Waals surface area contributed by atoms with Gasteiger partial charge in [-0.1, -0.05) is 25.0 Å². The zero-order valence-electron chi connectivity index (χ0n) is 19.5. The van der Waals surface area contributed by atoms with Crippen LogP contribution in [0.3, 0.4) is 0 Å². The molecule has 1 heterocycles. The lowest BCUT2D eigenvalue weighted by Gasteiger charge is -2.46. The summed E-state index contributed by atoms with van der Waals surface area (Å²) in [7, 11) is 0. The van der Waals surface area contributed by atoms with E-state index < -0.39 is 22.6 Å². The van der Waals surface area contributed by atoms with Crippen molar-refractivity contribution in [3.8, 4) is 11.5 Å². The fourth-order valence-electron chi connectivity index (χ4n) is 4.79. The number of benzene rings is 1. The fraction of sp³-hybridized carbons (Fsp3) is 0.625. The maximum Gasteiger partial charge on any atom is 0.311 e. The molecule has 3 rings (SSSR count). The van der Waals surface area contributed by atoms with Crippen LogP contribution in [0.2, 0.25) is 0 Å². The molecule has 0 amide bonds. The van der Waals surface area contributed by atoms with Crippen molar-refractivity contribution < 1.29 is 33.0 Å². The zero-order chi connectivity index (χ0) is 24.4. The van der Waals surface area contributed by atoms with Gasteiger partial charge < -0.3 is 14.3 Å². The van der Waals surface area contributed by atoms with E-state index in [4.69, 9.17) is 9.47 Å². The van der Waals surface area contributed by atoms with Crippen LogP contribution in [0, 0.1) is 16.0 Å². The van der Waals surface area contributed by atoms with Gasteiger partial charge in [-0.2, -0.15) is 0 Å². The predicted molar refractivity (Wildman–Crippen MR) is 117 cm³/mol. The molecule has 7 nitrogen and oxygen atoms in total. The highest BCUT2D eigenvalue weighted by atomic mass is 19.3. The second-order valence-corrected chi connectivity index (χ2v) is 9.36. The van der Waals surface area contributed by atoms with Gasteiger partial charge in [0, 0.05) is 35.8 Å². The second-order valence-electron chi connectivity index (χ2n) is 9.36. The summed E-state index contributed by atoms with van der Waals surface area (Å²) in [4.78, 5) is 27.0. The minimum atomic E-state index is -3.10. The molecular formula is C24H31F2NO6. The Hall–Kier alpha value is -2.71. The van der Waals surface area contributed by atoms with Crippen molar-refractivity contribution in [3.05, 3.63) is 45.0 Å². The Balaban J connectivity index is 2.01. The van der Waals surface area contributed by atoms with Crippen molar-refractivity contribution in [2.45, 2.75) is 83.7 Å². The molecule has 2 aliphatic rings. The molecule has 2 atom stereocenters. The van der Waals surface area contributed by atoms with Crippen molar-refractivity contribution in [1.82, 2.24) is 0 Å². The molecule has 0 saturated carbocycles. The number of ether oxygens (including phenoxy) is 2. The number of hydrogen-bond donors (Lipinski definition) is 0. The molecule has 1 aromatic rings. The van der Waals surface area contributed by atoms with Crippen molar-refractivity contribution in [2.24, 2.45) is 5.92 Å². The number of fused-ring (bicyclic) bond motifs is 3. The standard InChI is InChI=1S/C24H31F2NO6/c1-5-10-24(25,26)16-13-19(32-21(28)7-6-11-31-27(29)30)22-17-12-15(2)8-9-18(17)23(3,4)33-20(22)14-16/h12-14,17-18H,5-11H2,1-4H3. The first-order valence-corrected chi connectivity index (χ1v) is 11.3. The van der Waals surface area contributed by atoms with Crippen LogP contribution in [0.25, 0.3) is 0 Å². The van der Waals surface area contributed by atoms with Crippen LogP contribution in [0.4, 0.5) is 8.78 Å². The first kappa shape index (κ1) is 24.9. The SMILES string of the molecule is CCCC(F)(F)c1cc(OC(=O)CCCO[N+](=O)[O-])c2c(c1)OC(C)(C)C1CCC(C)=CC21. The topological polar surface area (TPSA) is 87.9 Å². The maximum absolute atomic E-state index is 14.9. The summed E-state index contributed by atoms with van der Waals surface area (Å²) in [5.74, 6) is -3.44. The van der Waals surface area contributed by atoms with Gasteiger partial charge in [-0.3, -0.25) is 4.79 Å². The number of esters is 1. The number of halogens is 2. The first-order chi connectivity index (χ1) is 15.4. The van der Waals surface area contributed by atoms with Crippen LogP contribution in [0.5, 0.6) is 11.5 Å². The molecule has 0 saturated heterocycles. The van der Waals surface area contributed by atoms with Crippen molar-refractivity contribution >= 4 is 5.97 Å². The molecule has 0 aromatic heterocycles. The minimum absolute atomic E-state index is 0.0647. The average molecular weight is 468 g/mol. The quantitative estimate of drug-likeness (QED) is 0.109. The van der Waals surface area contributed by atoms with Crippen LogP contribution >= 0.6 is 0 Å². The minimum Gasteiger partial charge on any atom is -0.487 e. The lowest BCUT2D eigenvalue weighted by molar-refractivity contribution is -0.757. The van der Waals surface area contributed by atoms with E-state index in [-0.39, 0.29) is 55.4 Å². The molecule has 1 aliphatic heterocycles. The van der Waals surface area contributed by atoms with E-state index in [0.717, 1.165) is 12.8 Å². The number of rotatable bonds is 9. The Morgan fingerprint density at radius 3 is 2.76 bits per heavy atom. The third kappa shape index (κ3) is 5.62. The van der Waals surface area contributed by atoms with Gasteiger partial charge in [0.1, 0.15) is 17.1 Å². The van der Waals surface area contributed by atoms with E-state index in [2.05, 4.69) is 10.9 Å². The van der Waals surface area contributed by atoms with Gasteiger partial charge in [0.15, 0.2) is 0 Å². The number of allylic oxidation sites excluding steroid dienone is 2. The largest absolute Gasteiger partial charge is 0.487 e. The van der Waals surface area contributed by atoms with Gasteiger partial charge in [0.2, 0.25) is 0 Å². The van der Waals surface area contributed by atoms with Crippen molar-refractivity contribution in [3.63, 3.8) is 0 Å². The maximum atomic E-state index is 14.9. The number of carbonyl (C=O) groups is 1. The third-order valence-electron chi connectivity index (χ3n) is 6.38. The number of carbonyl (C=O) groups excluding carboxylic acids is 1. The van der Waals surface area contributed by atoms with E-state index in [1.807, 2.05) is 20.8 Å². The summed E-state index contributed by atoms with van der Waals surface area (Å²) in [6.07, 6.45) is 3.78. The molecule has 33 heavy (non-hydrogen) atoms. The highest BCUT2D eigenvalue weighted by Gasteiger charge is 2.46. The van der Waals surface area contributed by atoms with Crippen LogP contribution in [0.1, 0.15) is 83.3 Å². The molecule has 0 radical (unpaired) electrons. The molecule has 0 bridgehead atoms. The van der Waals surface area contributed by atoms with Gasteiger partial charge in [0.25, 0.3) is 11.0 Å². The summed E-state index contributed by atoms with van der Waals surface area (Å²) < 4.78 is 41.6. The van der Waals surface area contributed by atoms with E-state index in [1.54, 1.807) is 6.92 Å². The van der Waals surface area contributed by atoms with Gasteiger partial charge in [-0.15, -0.1) is 10.1 Å². The van der Waals surface area contributed by atoms with Crippen LogP contribution in [-0.4, -0.2) is 23.3 Å². The van der Waals surface area contributed by atoms with Gasteiger partial charge in [-0.05, 0) is 52.2 Å². The summed E-state index contributed by atoms with van der Waals surface area (Å²) in [5.41, 5.74) is 0.960. The molecule has 182 valence electrons. The molecule has 0 spiro atoms. The predicted octanol–water partition coefficient (Wildman–Crippen LogP) is 6.08. The Morgan fingerprint density at radius 1 is 1.36 bits per heavy atom. The van der Waals surface area contributed by atoms with Crippen LogP contribution in [0.15, 0.2) is 23.8 Å². The molecule has 1 aliphatic carbocycles. The molecular weight excluding hydrogens is 436 g/mol. The summed E-state index contributed by atoms with van der Waals surface area (Å²) in [6.45, 7) is 7.38.